The molecule has 2 heterocycles. The third-order valence-electron chi connectivity index (χ3n) is 6.83. The molecule has 0 radical (unpaired) electrons. The molecule has 1 fully saturated rings. The smallest absolute Gasteiger partial charge is 0.295 e. The maximum atomic E-state index is 13.3. The Bertz CT molecular complexity index is 1210. The van der Waals surface area contributed by atoms with Gasteiger partial charge in [-0.2, -0.15) is 0 Å². The molecule has 2 aliphatic heterocycles. The number of carbonyl (C=O) groups is 2. The lowest BCUT2D eigenvalue weighted by Gasteiger charge is -2.26. The van der Waals surface area contributed by atoms with E-state index in [-0.39, 0.29) is 30.6 Å². The lowest BCUT2D eigenvalue weighted by atomic mass is 9.94. The fraction of sp³-hybridized carbons (Fsp3) is 0.467. The van der Waals surface area contributed by atoms with Crippen molar-refractivity contribution in [1.29, 1.82) is 0 Å². The highest BCUT2D eigenvalue weighted by atomic mass is 16.5. The number of methoxy groups -OCH3 is 1. The number of hydrogen-bond donors (Lipinski definition) is 1. The Balaban J connectivity index is 1.76. The van der Waals surface area contributed by atoms with Gasteiger partial charge in [-0.3, -0.25) is 9.59 Å². The second-order valence-corrected chi connectivity index (χ2v) is 9.64. The number of aliphatic hydroxyl groups is 1. The molecule has 2 aromatic rings. The van der Waals surface area contributed by atoms with E-state index in [1.54, 1.807) is 24.3 Å². The third-order valence-corrected chi connectivity index (χ3v) is 6.83. The molecule has 0 saturated carbocycles. The summed E-state index contributed by atoms with van der Waals surface area (Å²) in [6.45, 7) is 7.43. The van der Waals surface area contributed by atoms with E-state index in [9.17, 15) is 14.7 Å². The number of fused-ring (bicyclic) bond motifs is 1. The normalized spacial score (nSPS) is 19.9. The van der Waals surface area contributed by atoms with Crippen molar-refractivity contribution in [3.63, 3.8) is 0 Å². The number of nitrogens with zero attached hydrogens (tertiary/aromatic N) is 1. The number of hydrogen-bond acceptors (Lipinski definition) is 7. The highest BCUT2D eigenvalue weighted by molar-refractivity contribution is 6.46. The summed E-state index contributed by atoms with van der Waals surface area (Å²) in [6.07, 6.45) is 3.85. The fourth-order valence-electron chi connectivity index (χ4n) is 4.99. The van der Waals surface area contributed by atoms with E-state index in [0.29, 0.717) is 42.3 Å². The maximum Gasteiger partial charge on any atom is 0.295 e. The highest BCUT2D eigenvalue weighted by Crippen LogP contribution is 2.42. The van der Waals surface area contributed by atoms with Gasteiger partial charge in [0.1, 0.15) is 17.6 Å². The zero-order valence-electron chi connectivity index (χ0n) is 22.6. The predicted octanol–water partition coefficient (Wildman–Crippen LogP) is 5.05. The number of carbonyl (C=O) groups excluding carboxylic acids is 2. The summed E-state index contributed by atoms with van der Waals surface area (Å²) in [4.78, 5) is 27.9. The van der Waals surface area contributed by atoms with Gasteiger partial charge in [-0.05, 0) is 61.7 Å². The molecule has 4 rings (SSSR count). The predicted molar refractivity (Wildman–Crippen MR) is 144 cm³/mol. The van der Waals surface area contributed by atoms with Crippen molar-refractivity contribution in [2.45, 2.75) is 58.6 Å². The Hall–Kier alpha value is -3.52. The number of Topliss-reactive ketones (excluding diaryl/α,β-unsaturated/α-hetero) is 1. The van der Waals surface area contributed by atoms with Gasteiger partial charge in [-0.25, -0.2) is 0 Å². The van der Waals surface area contributed by atoms with Gasteiger partial charge in [0.15, 0.2) is 11.5 Å². The maximum absolute atomic E-state index is 13.3. The van der Waals surface area contributed by atoms with Gasteiger partial charge >= 0.3 is 0 Å². The Morgan fingerprint density at radius 2 is 1.87 bits per heavy atom. The van der Waals surface area contributed by atoms with Crippen LogP contribution >= 0.6 is 0 Å². The van der Waals surface area contributed by atoms with Gasteiger partial charge in [0.25, 0.3) is 11.7 Å². The molecule has 1 saturated heterocycles. The molecule has 0 aliphatic carbocycles. The van der Waals surface area contributed by atoms with Crippen LogP contribution in [0.15, 0.2) is 42.0 Å². The summed E-state index contributed by atoms with van der Waals surface area (Å²) < 4.78 is 22.8. The van der Waals surface area contributed by atoms with Crippen molar-refractivity contribution in [3.8, 4) is 17.2 Å². The zero-order chi connectivity index (χ0) is 27.2. The Kier molecular flexibility index (Phi) is 8.94. The molecule has 0 unspecified atom stereocenters. The van der Waals surface area contributed by atoms with E-state index in [2.05, 4.69) is 6.92 Å². The molecule has 8 nitrogen and oxygen atoms in total. The zero-order valence-corrected chi connectivity index (χ0v) is 22.6. The summed E-state index contributed by atoms with van der Waals surface area (Å²) in [5, 5.41) is 11.4. The van der Waals surface area contributed by atoms with E-state index in [4.69, 9.17) is 18.9 Å². The molecule has 38 heavy (non-hydrogen) atoms. The first-order valence-electron chi connectivity index (χ1n) is 13.4. The number of ketones is 1. The van der Waals surface area contributed by atoms with Crippen LogP contribution in [0, 0.1) is 0 Å². The molecule has 1 N–H and O–H groups in total. The van der Waals surface area contributed by atoms with Crippen LogP contribution in [0.25, 0.3) is 5.76 Å². The van der Waals surface area contributed by atoms with Crippen molar-refractivity contribution in [2.75, 3.05) is 33.5 Å². The lowest BCUT2D eigenvalue weighted by Crippen LogP contribution is -2.32. The summed E-state index contributed by atoms with van der Waals surface area (Å²) in [5.41, 5.74) is 2.11. The molecule has 2 atom stereocenters. The minimum atomic E-state index is -0.804. The van der Waals surface area contributed by atoms with Crippen LogP contribution in [0.1, 0.15) is 62.8 Å². The Morgan fingerprint density at radius 3 is 2.61 bits per heavy atom. The molecule has 0 bridgehead atoms. The third kappa shape index (κ3) is 5.65. The number of unbranched alkanes of at least 4 members (excludes halogenated alkanes) is 2. The number of aliphatic hydroxyl groups excluding tert-OH is 1. The lowest BCUT2D eigenvalue weighted by molar-refractivity contribution is -0.140. The SMILES string of the molecule is CCCCCOc1ccc([C@@H]2C(=C(O)c3ccc4c(c3)C[C@@H](C)O4)C(=O)C(=O)N2CCOC)cc1OCC. The van der Waals surface area contributed by atoms with E-state index < -0.39 is 17.7 Å². The van der Waals surface area contributed by atoms with Gasteiger partial charge in [0.2, 0.25) is 0 Å². The highest BCUT2D eigenvalue weighted by Gasteiger charge is 2.46. The first-order valence-corrected chi connectivity index (χ1v) is 13.4. The number of amides is 1. The van der Waals surface area contributed by atoms with Crippen LogP contribution in [-0.4, -0.2) is 61.3 Å². The van der Waals surface area contributed by atoms with E-state index in [0.717, 1.165) is 30.6 Å². The molecule has 0 aromatic heterocycles. The Labute approximate surface area is 224 Å². The van der Waals surface area contributed by atoms with Gasteiger partial charge in [-0.15, -0.1) is 0 Å². The Morgan fingerprint density at radius 1 is 1.05 bits per heavy atom. The summed E-state index contributed by atoms with van der Waals surface area (Å²) in [7, 11) is 1.54. The molecule has 1 amide bonds. The van der Waals surface area contributed by atoms with Crippen molar-refractivity contribution < 1.29 is 33.6 Å². The van der Waals surface area contributed by atoms with Gasteiger partial charge in [-0.1, -0.05) is 25.8 Å². The first-order chi connectivity index (χ1) is 18.4. The molecule has 8 heteroatoms. The minimum absolute atomic E-state index is 0.0390. The van der Waals surface area contributed by atoms with Crippen molar-refractivity contribution in [3.05, 3.63) is 58.7 Å². The van der Waals surface area contributed by atoms with E-state index >= 15 is 0 Å². The average Bonchev–Trinajstić information content (AvgIpc) is 3.41. The van der Waals surface area contributed by atoms with Gasteiger partial charge < -0.3 is 29.0 Å². The monoisotopic (exact) mass is 523 g/mol. The van der Waals surface area contributed by atoms with Gasteiger partial charge in [0.05, 0.1) is 31.4 Å². The quantitative estimate of drug-likeness (QED) is 0.180. The molecule has 0 spiro atoms. The number of benzene rings is 2. The average molecular weight is 524 g/mol. The van der Waals surface area contributed by atoms with E-state index in [1.165, 1.54) is 12.0 Å². The molecule has 204 valence electrons. The van der Waals surface area contributed by atoms with Crippen LogP contribution in [0.5, 0.6) is 17.2 Å². The van der Waals surface area contributed by atoms with Crippen molar-refractivity contribution >= 4 is 17.4 Å². The number of ether oxygens (including phenoxy) is 4. The molecular weight excluding hydrogens is 486 g/mol. The standard InChI is InChI=1S/C30H37NO7/c1-5-7-8-14-37-24-12-9-20(18-25(24)36-6-2)27-26(29(33)30(34)31(27)13-15-35-4)28(32)21-10-11-23-22(17-21)16-19(3)38-23/h9-12,17-19,27,32H,5-8,13-16H2,1-4H3/t19-,27-/m1/s1. The summed E-state index contributed by atoms with van der Waals surface area (Å²) >= 11 is 0. The van der Waals surface area contributed by atoms with Crippen LogP contribution in [0.3, 0.4) is 0 Å². The summed E-state index contributed by atoms with van der Waals surface area (Å²) in [6, 6.07) is 9.94. The second kappa shape index (κ2) is 12.3. The largest absolute Gasteiger partial charge is 0.507 e. The molecule has 2 aliphatic rings. The number of likely N-dealkylation sites (tertiary alicyclic amines) is 1. The topological polar surface area (TPSA) is 94.5 Å². The van der Waals surface area contributed by atoms with Crippen molar-refractivity contribution in [1.82, 2.24) is 4.90 Å². The van der Waals surface area contributed by atoms with Gasteiger partial charge in [0, 0.05) is 25.6 Å². The van der Waals surface area contributed by atoms with Crippen LogP contribution in [0.4, 0.5) is 0 Å². The molecule has 2 aromatic carbocycles. The second-order valence-electron chi connectivity index (χ2n) is 9.64. The molecular formula is C30H37NO7. The first kappa shape index (κ1) is 27.5. The fourth-order valence-corrected chi connectivity index (χ4v) is 4.99. The van der Waals surface area contributed by atoms with Crippen LogP contribution in [-0.2, 0) is 20.7 Å². The number of rotatable bonds is 12. The van der Waals surface area contributed by atoms with Crippen LogP contribution < -0.4 is 14.2 Å². The van der Waals surface area contributed by atoms with Crippen molar-refractivity contribution in [2.24, 2.45) is 0 Å². The minimum Gasteiger partial charge on any atom is -0.507 e. The van der Waals surface area contributed by atoms with Crippen LogP contribution in [0.2, 0.25) is 0 Å². The summed E-state index contributed by atoms with van der Waals surface area (Å²) in [5.74, 6) is 0.280. The van der Waals surface area contributed by atoms with E-state index in [1.807, 2.05) is 26.0 Å².